The third kappa shape index (κ3) is 3.90. The topological polar surface area (TPSA) is 45.6 Å². The zero-order valence-electron chi connectivity index (χ0n) is 17.0. The summed E-state index contributed by atoms with van der Waals surface area (Å²) >= 11 is 0. The number of aromatic nitrogens is 1. The number of piperazine rings is 1. The van der Waals surface area contributed by atoms with E-state index in [4.69, 9.17) is 0 Å². The van der Waals surface area contributed by atoms with E-state index in [1.54, 1.807) is 0 Å². The first kappa shape index (κ1) is 19.2. The van der Waals surface area contributed by atoms with Gasteiger partial charge in [-0.25, -0.2) is 0 Å². The number of carbonyl (C=O) groups excluding carboxylic acids is 2. The molecular formula is C24H27N3O2. The molecule has 5 heteroatoms. The third-order valence-corrected chi connectivity index (χ3v) is 5.59. The summed E-state index contributed by atoms with van der Waals surface area (Å²) in [5.41, 5.74) is 2.93. The molecule has 2 heterocycles. The van der Waals surface area contributed by atoms with Crippen molar-refractivity contribution >= 4 is 22.7 Å². The minimum absolute atomic E-state index is 0.00865. The van der Waals surface area contributed by atoms with Crippen LogP contribution in [0, 0.1) is 5.92 Å². The molecule has 3 aromatic rings. The molecule has 2 amide bonds. The number of nitrogens with zero attached hydrogens (tertiary/aromatic N) is 3. The molecule has 0 N–H and O–H groups in total. The summed E-state index contributed by atoms with van der Waals surface area (Å²) in [7, 11) is 0. The maximum atomic E-state index is 13.4. The van der Waals surface area contributed by atoms with E-state index >= 15 is 0 Å². The second kappa shape index (κ2) is 8.11. The highest BCUT2D eigenvalue weighted by Crippen LogP contribution is 2.23. The van der Waals surface area contributed by atoms with Gasteiger partial charge in [0.05, 0.1) is 0 Å². The standard InChI is InChI=1S/C24H27N3O2/c1-18(2)23(28)25-12-14-26(15-13-25)24(29)22-16-20-10-6-7-11-21(20)27(22)17-19-8-4-3-5-9-19/h3-11,16,18H,12-15,17H2,1-2H3. The quantitative estimate of drug-likeness (QED) is 0.684. The molecule has 5 nitrogen and oxygen atoms in total. The van der Waals surface area contributed by atoms with E-state index in [1.165, 1.54) is 0 Å². The van der Waals surface area contributed by atoms with Crippen molar-refractivity contribution in [2.24, 2.45) is 5.92 Å². The molecule has 4 rings (SSSR count). The fourth-order valence-corrected chi connectivity index (χ4v) is 3.98. The number of hydrogen-bond donors (Lipinski definition) is 0. The normalized spacial score (nSPS) is 14.6. The van der Waals surface area contributed by atoms with Gasteiger partial charge in [-0.15, -0.1) is 0 Å². The average molecular weight is 389 g/mol. The molecule has 0 saturated carbocycles. The Bertz CT molecular complexity index is 1020. The number of amides is 2. The van der Waals surface area contributed by atoms with Gasteiger partial charge in [0.2, 0.25) is 5.91 Å². The van der Waals surface area contributed by atoms with E-state index in [0.29, 0.717) is 38.4 Å². The molecule has 1 saturated heterocycles. The van der Waals surface area contributed by atoms with Crippen LogP contribution in [0.5, 0.6) is 0 Å². The smallest absolute Gasteiger partial charge is 0.270 e. The highest BCUT2D eigenvalue weighted by atomic mass is 16.2. The highest BCUT2D eigenvalue weighted by molar-refractivity contribution is 5.99. The van der Waals surface area contributed by atoms with Crippen LogP contribution in [0.1, 0.15) is 29.9 Å². The second-order valence-corrected chi connectivity index (χ2v) is 7.93. The van der Waals surface area contributed by atoms with Gasteiger partial charge in [-0.05, 0) is 17.7 Å². The number of fused-ring (bicyclic) bond motifs is 1. The molecule has 150 valence electrons. The summed E-state index contributed by atoms with van der Waals surface area (Å²) in [5, 5.41) is 1.07. The van der Waals surface area contributed by atoms with E-state index in [0.717, 1.165) is 16.5 Å². The Hall–Kier alpha value is -3.08. The molecule has 1 aliphatic rings. The predicted molar refractivity (Wildman–Crippen MR) is 115 cm³/mol. The molecule has 2 aromatic carbocycles. The number of rotatable bonds is 4. The van der Waals surface area contributed by atoms with E-state index in [2.05, 4.69) is 22.8 Å². The molecule has 1 aromatic heterocycles. The van der Waals surface area contributed by atoms with Crippen LogP contribution in [0.15, 0.2) is 60.7 Å². The predicted octanol–water partition coefficient (Wildman–Crippen LogP) is 3.63. The van der Waals surface area contributed by atoms with E-state index in [-0.39, 0.29) is 17.7 Å². The van der Waals surface area contributed by atoms with Crippen LogP contribution in [-0.4, -0.2) is 52.4 Å². The molecular weight excluding hydrogens is 362 g/mol. The average Bonchev–Trinajstić information content (AvgIpc) is 3.12. The summed E-state index contributed by atoms with van der Waals surface area (Å²) in [6.07, 6.45) is 0. The van der Waals surface area contributed by atoms with Gasteiger partial charge in [0.1, 0.15) is 5.69 Å². The Kier molecular flexibility index (Phi) is 5.38. The second-order valence-electron chi connectivity index (χ2n) is 7.93. The number of hydrogen-bond acceptors (Lipinski definition) is 2. The third-order valence-electron chi connectivity index (χ3n) is 5.59. The lowest BCUT2D eigenvalue weighted by Crippen LogP contribution is -2.51. The number of benzene rings is 2. The minimum atomic E-state index is -0.00865. The molecule has 0 bridgehead atoms. The molecule has 1 fully saturated rings. The first-order chi connectivity index (χ1) is 14.0. The molecule has 0 spiro atoms. The van der Waals surface area contributed by atoms with Gasteiger partial charge in [0.25, 0.3) is 5.91 Å². The zero-order chi connectivity index (χ0) is 20.4. The maximum absolute atomic E-state index is 13.4. The van der Waals surface area contributed by atoms with Crippen LogP contribution in [0.25, 0.3) is 10.9 Å². The van der Waals surface area contributed by atoms with Gasteiger partial charge in [-0.2, -0.15) is 0 Å². The van der Waals surface area contributed by atoms with Gasteiger partial charge >= 0.3 is 0 Å². The SMILES string of the molecule is CC(C)C(=O)N1CCN(C(=O)c2cc3ccccc3n2Cc2ccccc2)CC1. The number of para-hydroxylation sites is 1. The van der Waals surface area contributed by atoms with Crippen molar-refractivity contribution in [1.29, 1.82) is 0 Å². The first-order valence-electron chi connectivity index (χ1n) is 10.2. The van der Waals surface area contributed by atoms with Crippen molar-refractivity contribution in [3.63, 3.8) is 0 Å². The highest BCUT2D eigenvalue weighted by Gasteiger charge is 2.28. The monoisotopic (exact) mass is 389 g/mol. The molecule has 0 aliphatic carbocycles. The Morgan fingerprint density at radius 3 is 2.17 bits per heavy atom. The minimum Gasteiger partial charge on any atom is -0.339 e. The van der Waals surface area contributed by atoms with Crippen LogP contribution in [-0.2, 0) is 11.3 Å². The molecule has 29 heavy (non-hydrogen) atoms. The lowest BCUT2D eigenvalue weighted by molar-refractivity contribution is -0.135. The maximum Gasteiger partial charge on any atom is 0.270 e. The van der Waals surface area contributed by atoms with Gasteiger partial charge in [-0.1, -0.05) is 62.4 Å². The van der Waals surface area contributed by atoms with Gasteiger partial charge < -0.3 is 14.4 Å². The van der Waals surface area contributed by atoms with Crippen molar-refractivity contribution in [3.8, 4) is 0 Å². The summed E-state index contributed by atoms with van der Waals surface area (Å²) < 4.78 is 2.11. The zero-order valence-corrected chi connectivity index (χ0v) is 17.0. The lowest BCUT2D eigenvalue weighted by atomic mass is 10.1. The Balaban J connectivity index is 1.59. The van der Waals surface area contributed by atoms with Crippen molar-refractivity contribution < 1.29 is 9.59 Å². The Morgan fingerprint density at radius 1 is 0.862 bits per heavy atom. The Morgan fingerprint density at radius 2 is 1.48 bits per heavy atom. The fraction of sp³-hybridized carbons (Fsp3) is 0.333. The van der Waals surface area contributed by atoms with Crippen LogP contribution >= 0.6 is 0 Å². The van der Waals surface area contributed by atoms with Gasteiger partial charge in [0, 0.05) is 49.5 Å². The van der Waals surface area contributed by atoms with Crippen molar-refractivity contribution in [1.82, 2.24) is 14.4 Å². The van der Waals surface area contributed by atoms with Crippen molar-refractivity contribution in [2.75, 3.05) is 26.2 Å². The molecule has 1 aliphatic heterocycles. The van der Waals surface area contributed by atoms with E-state index in [1.807, 2.05) is 66.1 Å². The lowest BCUT2D eigenvalue weighted by Gasteiger charge is -2.35. The van der Waals surface area contributed by atoms with E-state index < -0.39 is 0 Å². The molecule has 0 unspecified atom stereocenters. The van der Waals surface area contributed by atoms with Crippen molar-refractivity contribution in [2.45, 2.75) is 20.4 Å². The number of carbonyl (C=O) groups is 2. The molecule has 0 atom stereocenters. The molecule has 0 radical (unpaired) electrons. The summed E-state index contributed by atoms with van der Waals surface area (Å²) in [4.78, 5) is 29.4. The first-order valence-corrected chi connectivity index (χ1v) is 10.2. The van der Waals surface area contributed by atoms with Crippen molar-refractivity contribution in [3.05, 3.63) is 71.9 Å². The summed E-state index contributed by atoms with van der Waals surface area (Å²) in [6.45, 7) is 6.84. The van der Waals surface area contributed by atoms with Crippen LogP contribution < -0.4 is 0 Å². The fourth-order valence-electron chi connectivity index (χ4n) is 3.98. The van der Waals surface area contributed by atoms with Crippen LogP contribution in [0.4, 0.5) is 0 Å². The summed E-state index contributed by atoms with van der Waals surface area (Å²) in [5.74, 6) is 0.190. The largest absolute Gasteiger partial charge is 0.339 e. The summed E-state index contributed by atoms with van der Waals surface area (Å²) in [6, 6.07) is 20.3. The van der Waals surface area contributed by atoms with Gasteiger partial charge in [0.15, 0.2) is 0 Å². The Labute approximate surface area is 171 Å². The van der Waals surface area contributed by atoms with Crippen LogP contribution in [0.3, 0.4) is 0 Å². The van der Waals surface area contributed by atoms with Crippen LogP contribution in [0.2, 0.25) is 0 Å². The van der Waals surface area contributed by atoms with Gasteiger partial charge in [-0.3, -0.25) is 9.59 Å². The van der Waals surface area contributed by atoms with E-state index in [9.17, 15) is 9.59 Å².